The third-order valence-electron chi connectivity index (χ3n) is 4.81. The van der Waals surface area contributed by atoms with E-state index in [9.17, 15) is 19.2 Å². The molecule has 2 aromatic carbocycles. The van der Waals surface area contributed by atoms with Gasteiger partial charge < -0.3 is 9.15 Å². The zero-order chi connectivity index (χ0) is 20.5. The molecule has 0 bridgehead atoms. The molecule has 0 radical (unpaired) electrons. The number of fused-ring (bicyclic) bond motifs is 1. The van der Waals surface area contributed by atoms with Crippen molar-refractivity contribution >= 4 is 34.4 Å². The van der Waals surface area contributed by atoms with Crippen molar-refractivity contribution in [2.24, 2.45) is 0 Å². The van der Waals surface area contributed by atoms with Gasteiger partial charge in [0.1, 0.15) is 11.3 Å². The molecular weight excluding hydrogens is 374 g/mol. The predicted molar refractivity (Wildman–Crippen MR) is 105 cm³/mol. The van der Waals surface area contributed by atoms with Gasteiger partial charge in [0.05, 0.1) is 11.3 Å². The van der Waals surface area contributed by atoms with Crippen LogP contribution in [0.2, 0.25) is 0 Å². The van der Waals surface area contributed by atoms with Crippen LogP contribution in [0.1, 0.15) is 35.7 Å². The zero-order valence-electron chi connectivity index (χ0n) is 15.6. The molecular formula is C22H17NO6. The monoisotopic (exact) mass is 391 g/mol. The van der Waals surface area contributed by atoms with Gasteiger partial charge in [-0.15, -0.1) is 0 Å². The molecule has 1 fully saturated rings. The highest BCUT2D eigenvalue weighted by Crippen LogP contribution is 2.25. The number of hydrogen-bond acceptors (Lipinski definition) is 6. The van der Waals surface area contributed by atoms with E-state index < -0.39 is 11.6 Å². The fourth-order valence-electron chi connectivity index (χ4n) is 3.34. The molecule has 29 heavy (non-hydrogen) atoms. The number of imide groups is 1. The number of aryl methyl sites for hydroxylation is 1. The summed E-state index contributed by atoms with van der Waals surface area (Å²) in [6.45, 7) is 1.94. The van der Waals surface area contributed by atoms with E-state index in [4.69, 9.17) is 9.15 Å². The lowest BCUT2D eigenvalue weighted by Crippen LogP contribution is -2.28. The number of benzene rings is 2. The van der Waals surface area contributed by atoms with Crippen molar-refractivity contribution in [3.05, 3.63) is 70.1 Å². The van der Waals surface area contributed by atoms with Gasteiger partial charge in [0, 0.05) is 30.4 Å². The average Bonchev–Trinajstić information content (AvgIpc) is 3.05. The largest absolute Gasteiger partial charge is 0.423 e. The minimum absolute atomic E-state index is 0.195. The molecule has 4 rings (SSSR count). The van der Waals surface area contributed by atoms with Crippen LogP contribution in [0.25, 0.3) is 11.0 Å². The maximum absolute atomic E-state index is 12.4. The maximum atomic E-state index is 12.4. The Labute approximate surface area is 165 Å². The van der Waals surface area contributed by atoms with Crippen LogP contribution in [0.4, 0.5) is 5.69 Å². The first-order valence-corrected chi connectivity index (χ1v) is 9.21. The predicted octanol–water partition coefficient (Wildman–Crippen LogP) is 3.23. The second-order valence-corrected chi connectivity index (χ2v) is 6.66. The Bertz CT molecular complexity index is 1180. The molecule has 0 aliphatic carbocycles. The van der Waals surface area contributed by atoms with Crippen molar-refractivity contribution in [3.8, 4) is 5.75 Å². The number of carbonyl (C=O) groups excluding carboxylic acids is 3. The van der Waals surface area contributed by atoms with E-state index in [1.54, 1.807) is 12.1 Å². The van der Waals surface area contributed by atoms with Gasteiger partial charge in [-0.2, -0.15) is 0 Å². The highest BCUT2D eigenvalue weighted by molar-refractivity contribution is 6.19. The summed E-state index contributed by atoms with van der Waals surface area (Å²) in [7, 11) is 0. The molecule has 0 atom stereocenters. The Morgan fingerprint density at radius 3 is 2.34 bits per heavy atom. The summed E-state index contributed by atoms with van der Waals surface area (Å²) in [4.78, 5) is 48.8. The summed E-state index contributed by atoms with van der Waals surface area (Å²) < 4.78 is 10.6. The maximum Gasteiger partial charge on any atom is 0.343 e. The van der Waals surface area contributed by atoms with Crippen molar-refractivity contribution in [3.63, 3.8) is 0 Å². The van der Waals surface area contributed by atoms with Gasteiger partial charge in [-0.1, -0.05) is 6.92 Å². The van der Waals surface area contributed by atoms with E-state index in [1.807, 2.05) is 6.92 Å². The highest BCUT2D eigenvalue weighted by Gasteiger charge is 2.30. The number of rotatable bonds is 4. The van der Waals surface area contributed by atoms with Gasteiger partial charge in [-0.25, -0.2) is 9.59 Å². The van der Waals surface area contributed by atoms with Crippen LogP contribution in [0, 0.1) is 0 Å². The zero-order valence-corrected chi connectivity index (χ0v) is 15.6. The molecule has 0 unspecified atom stereocenters. The molecule has 1 aliphatic heterocycles. The van der Waals surface area contributed by atoms with Crippen molar-refractivity contribution < 1.29 is 23.5 Å². The molecule has 0 N–H and O–H groups in total. The number of hydrogen-bond donors (Lipinski definition) is 0. The topological polar surface area (TPSA) is 93.9 Å². The van der Waals surface area contributed by atoms with Crippen LogP contribution in [0.3, 0.4) is 0 Å². The van der Waals surface area contributed by atoms with Crippen molar-refractivity contribution in [1.29, 1.82) is 0 Å². The first-order valence-electron chi connectivity index (χ1n) is 9.21. The third kappa shape index (κ3) is 3.54. The molecule has 7 heteroatoms. The van der Waals surface area contributed by atoms with Crippen LogP contribution in [-0.4, -0.2) is 17.8 Å². The van der Waals surface area contributed by atoms with E-state index in [0.717, 1.165) is 15.8 Å². The van der Waals surface area contributed by atoms with Gasteiger partial charge in [0.25, 0.3) is 0 Å². The molecule has 0 spiro atoms. The Kier molecular flexibility index (Phi) is 4.72. The number of nitrogens with zero attached hydrogens (tertiary/aromatic N) is 1. The molecule has 1 aliphatic rings. The number of ether oxygens (including phenoxy) is 1. The fourth-order valence-corrected chi connectivity index (χ4v) is 3.34. The van der Waals surface area contributed by atoms with E-state index >= 15 is 0 Å². The quantitative estimate of drug-likeness (QED) is 0.293. The van der Waals surface area contributed by atoms with Crippen LogP contribution >= 0.6 is 0 Å². The van der Waals surface area contributed by atoms with Crippen LogP contribution in [-0.2, 0) is 16.0 Å². The second-order valence-electron chi connectivity index (χ2n) is 6.66. The van der Waals surface area contributed by atoms with Crippen LogP contribution in [0.15, 0.2) is 57.7 Å². The number of esters is 1. The van der Waals surface area contributed by atoms with Gasteiger partial charge in [-0.3, -0.25) is 14.5 Å². The summed E-state index contributed by atoms with van der Waals surface area (Å²) in [5.41, 5.74) is 1.43. The van der Waals surface area contributed by atoms with E-state index in [-0.39, 0.29) is 36.0 Å². The summed E-state index contributed by atoms with van der Waals surface area (Å²) in [6.07, 6.45) is 1.07. The van der Waals surface area contributed by atoms with Gasteiger partial charge in [0.2, 0.25) is 11.8 Å². The molecule has 2 heterocycles. The molecule has 1 saturated heterocycles. The van der Waals surface area contributed by atoms with Crippen LogP contribution in [0.5, 0.6) is 5.75 Å². The van der Waals surface area contributed by atoms with E-state index in [1.165, 1.54) is 36.4 Å². The first-order chi connectivity index (χ1) is 14.0. The molecule has 1 aromatic heterocycles. The smallest absolute Gasteiger partial charge is 0.343 e. The second kappa shape index (κ2) is 7.35. The Morgan fingerprint density at radius 2 is 1.69 bits per heavy atom. The summed E-state index contributed by atoms with van der Waals surface area (Å²) in [6, 6.07) is 12.4. The minimum Gasteiger partial charge on any atom is -0.423 e. The van der Waals surface area contributed by atoms with Gasteiger partial charge in [0.15, 0.2) is 0 Å². The third-order valence-corrected chi connectivity index (χ3v) is 4.81. The molecule has 146 valence electrons. The minimum atomic E-state index is -0.607. The van der Waals surface area contributed by atoms with Gasteiger partial charge >= 0.3 is 11.6 Å². The standard InChI is InChI=1S/C22H17NO6/c1-2-13-11-21(26)29-18-12-16(7-8-17(13)18)28-22(27)14-3-5-15(6-4-14)23-19(24)9-10-20(23)25/h3-8,11-12H,2,9-10H2,1H3. The summed E-state index contributed by atoms with van der Waals surface area (Å²) >= 11 is 0. The lowest BCUT2D eigenvalue weighted by Gasteiger charge is -2.14. The number of carbonyl (C=O) groups is 3. The van der Waals surface area contributed by atoms with Gasteiger partial charge in [-0.05, 0) is 48.4 Å². The molecule has 2 amide bonds. The summed E-state index contributed by atoms with van der Waals surface area (Å²) in [5, 5.41) is 0.788. The fraction of sp³-hybridized carbons (Fsp3) is 0.182. The van der Waals surface area contributed by atoms with Crippen molar-refractivity contribution in [1.82, 2.24) is 0 Å². The Hall–Kier alpha value is -3.74. The normalized spacial score (nSPS) is 13.9. The number of amides is 2. The SMILES string of the molecule is CCc1cc(=O)oc2cc(OC(=O)c3ccc(N4C(=O)CCC4=O)cc3)ccc12. The summed E-state index contributed by atoms with van der Waals surface area (Å²) in [5.74, 6) is -0.874. The van der Waals surface area contributed by atoms with Crippen molar-refractivity contribution in [2.75, 3.05) is 4.90 Å². The molecule has 7 nitrogen and oxygen atoms in total. The Balaban J connectivity index is 1.55. The lowest BCUT2D eigenvalue weighted by molar-refractivity contribution is -0.121. The van der Waals surface area contributed by atoms with E-state index in [2.05, 4.69) is 0 Å². The van der Waals surface area contributed by atoms with Crippen molar-refractivity contribution in [2.45, 2.75) is 26.2 Å². The molecule has 0 saturated carbocycles. The lowest BCUT2D eigenvalue weighted by atomic mass is 10.1. The highest BCUT2D eigenvalue weighted by atomic mass is 16.5. The Morgan fingerprint density at radius 1 is 1.00 bits per heavy atom. The first kappa shape index (κ1) is 18.6. The average molecular weight is 391 g/mol. The van der Waals surface area contributed by atoms with Crippen LogP contribution < -0.4 is 15.3 Å². The van der Waals surface area contributed by atoms with E-state index in [0.29, 0.717) is 17.7 Å². The number of anilines is 1. The molecule has 3 aromatic rings.